The molecule has 2 heterocycles. The van der Waals surface area contributed by atoms with Crippen molar-refractivity contribution in [1.29, 1.82) is 0 Å². The summed E-state index contributed by atoms with van der Waals surface area (Å²) in [5.41, 5.74) is 1.36. The smallest absolute Gasteiger partial charge is 0.280 e. The Bertz CT molecular complexity index is 1330. The van der Waals surface area contributed by atoms with Gasteiger partial charge in [0.25, 0.3) is 6.43 Å². The Kier molecular flexibility index (Phi) is 7.94. The van der Waals surface area contributed by atoms with E-state index in [0.29, 0.717) is 40.8 Å². The number of hydrogen-bond acceptors (Lipinski definition) is 7. The molecule has 2 aromatic carbocycles. The summed E-state index contributed by atoms with van der Waals surface area (Å²) in [5, 5.41) is -0.192. The number of rotatable bonds is 9. The van der Waals surface area contributed by atoms with Gasteiger partial charge in [0.15, 0.2) is 11.5 Å². The van der Waals surface area contributed by atoms with E-state index in [0.717, 1.165) is 5.56 Å². The molecule has 0 fully saturated rings. The van der Waals surface area contributed by atoms with Crippen molar-refractivity contribution in [2.45, 2.75) is 23.0 Å². The molecule has 10 heteroatoms. The van der Waals surface area contributed by atoms with Crippen molar-refractivity contribution in [2.24, 2.45) is 0 Å². The molecule has 36 heavy (non-hydrogen) atoms. The number of benzene rings is 2. The van der Waals surface area contributed by atoms with E-state index >= 15 is 0 Å². The van der Waals surface area contributed by atoms with Gasteiger partial charge in [-0.1, -0.05) is 24.3 Å². The lowest BCUT2D eigenvalue weighted by Gasteiger charge is -2.24. The molecule has 0 saturated heterocycles. The van der Waals surface area contributed by atoms with Crippen LogP contribution >= 0.6 is 0 Å². The minimum atomic E-state index is -2.84. The fourth-order valence-electron chi connectivity index (χ4n) is 3.69. The van der Waals surface area contributed by atoms with E-state index in [1.165, 1.54) is 13.2 Å². The third-order valence-corrected chi connectivity index (χ3v) is 6.65. The lowest BCUT2D eigenvalue weighted by atomic mass is 10.1. The van der Waals surface area contributed by atoms with Crippen LogP contribution in [0.4, 0.5) is 8.78 Å². The van der Waals surface area contributed by atoms with E-state index < -0.39 is 22.9 Å². The highest BCUT2D eigenvalue weighted by molar-refractivity contribution is 7.84. The van der Waals surface area contributed by atoms with Crippen LogP contribution in [0.2, 0.25) is 0 Å². The first kappa shape index (κ1) is 25.3. The third-order valence-electron chi connectivity index (χ3n) is 5.46. The molecule has 0 spiro atoms. The first-order valence-corrected chi connectivity index (χ1v) is 12.1. The van der Waals surface area contributed by atoms with Crippen molar-refractivity contribution in [3.63, 3.8) is 0 Å². The Morgan fingerprint density at radius 2 is 1.81 bits per heavy atom. The minimum absolute atomic E-state index is 0.192. The zero-order chi connectivity index (χ0) is 25.7. The maximum atomic E-state index is 13.7. The van der Waals surface area contributed by atoms with Gasteiger partial charge in [0.05, 0.1) is 31.9 Å². The van der Waals surface area contributed by atoms with Crippen LogP contribution in [0.3, 0.4) is 0 Å². The molecule has 1 unspecified atom stereocenters. The second-order valence-electron chi connectivity index (χ2n) is 7.81. The van der Waals surface area contributed by atoms with Crippen LogP contribution in [0.1, 0.15) is 23.4 Å². The second kappa shape index (κ2) is 11.3. The lowest BCUT2D eigenvalue weighted by molar-refractivity contribution is 0.145. The van der Waals surface area contributed by atoms with Gasteiger partial charge in [0.1, 0.15) is 22.2 Å². The molecule has 1 aromatic heterocycles. The fraction of sp³-hybridized carbons (Fsp3) is 0.231. The van der Waals surface area contributed by atoms with E-state index in [2.05, 4.69) is 9.97 Å². The quantitative estimate of drug-likeness (QED) is 0.372. The van der Waals surface area contributed by atoms with E-state index in [9.17, 15) is 13.0 Å². The standard InChI is InChI=1S/C26H25F2N3O4S/c1-33-19-7-4-8-20(13-19)36(32)26-29-21(14-22(30-26)25(27)28)18-6-5-11-31(16-18)15-17-9-10-23(34-2)24(12-17)35-3/h4-10,12-14,16,25H,11,15H2,1-3H3. The number of ether oxygens (including phenoxy) is 3. The molecule has 7 nitrogen and oxygen atoms in total. The summed E-state index contributed by atoms with van der Waals surface area (Å²) in [7, 11) is 2.77. The zero-order valence-corrected chi connectivity index (χ0v) is 20.8. The molecule has 0 amide bonds. The molecular formula is C26H25F2N3O4S. The maximum absolute atomic E-state index is 13.7. The monoisotopic (exact) mass is 513 g/mol. The summed E-state index contributed by atoms with van der Waals surface area (Å²) in [6, 6.07) is 13.4. The lowest BCUT2D eigenvalue weighted by Crippen LogP contribution is -2.20. The van der Waals surface area contributed by atoms with Gasteiger partial charge in [-0.05, 0) is 42.0 Å². The number of nitrogens with zero attached hydrogens (tertiary/aromatic N) is 3. The zero-order valence-electron chi connectivity index (χ0n) is 20.0. The number of allylic oxidation sites excluding steroid dienone is 2. The van der Waals surface area contributed by atoms with Crippen molar-refractivity contribution >= 4 is 16.4 Å². The van der Waals surface area contributed by atoms with Gasteiger partial charge in [0, 0.05) is 24.9 Å². The summed E-state index contributed by atoms with van der Waals surface area (Å²) in [6.07, 6.45) is 2.72. The van der Waals surface area contributed by atoms with Crippen LogP contribution in [0.25, 0.3) is 5.57 Å². The summed E-state index contributed by atoms with van der Waals surface area (Å²) in [6.45, 7) is 1.16. The van der Waals surface area contributed by atoms with Crippen LogP contribution in [0.5, 0.6) is 17.2 Å². The van der Waals surface area contributed by atoms with Gasteiger partial charge in [0.2, 0.25) is 5.16 Å². The van der Waals surface area contributed by atoms with Gasteiger partial charge < -0.3 is 19.1 Å². The SMILES string of the molecule is COc1cccc(S(=O)c2nc(C3=CN(Cc4ccc(OC)c(OC)c4)CC=C3)cc(C(F)F)n2)c1. The number of methoxy groups -OCH3 is 3. The van der Waals surface area contributed by atoms with Gasteiger partial charge in [-0.25, -0.2) is 23.0 Å². The van der Waals surface area contributed by atoms with Crippen LogP contribution in [-0.4, -0.2) is 47.0 Å². The first-order valence-electron chi connectivity index (χ1n) is 11.0. The van der Waals surface area contributed by atoms with Crippen molar-refractivity contribution < 1.29 is 27.2 Å². The summed E-state index contributed by atoms with van der Waals surface area (Å²) >= 11 is 0. The molecule has 0 aliphatic carbocycles. The van der Waals surface area contributed by atoms with Crippen molar-refractivity contribution in [1.82, 2.24) is 14.9 Å². The average molecular weight is 514 g/mol. The number of alkyl halides is 2. The number of aromatic nitrogens is 2. The highest BCUT2D eigenvalue weighted by atomic mass is 32.2. The highest BCUT2D eigenvalue weighted by Crippen LogP contribution is 2.30. The Balaban J connectivity index is 1.65. The number of halogens is 2. The molecule has 1 atom stereocenters. The van der Waals surface area contributed by atoms with Gasteiger partial charge in [-0.3, -0.25) is 0 Å². The molecule has 188 valence electrons. The Hall–Kier alpha value is -3.79. The predicted octanol–water partition coefficient (Wildman–Crippen LogP) is 5.02. The molecule has 1 aliphatic rings. The van der Waals surface area contributed by atoms with Gasteiger partial charge in [-0.2, -0.15) is 0 Å². The van der Waals surface area contributed by atoms with Gasteiger partial charge >= 0.3 is 0 Å². The Labute approximate surface area is 210 Å². The van der Waals surface area contributed by atoms with E-state index in [1.54, 1.807) is 44.6 Å². The molecule has 1 aliphatic heterocycles. The summed E-state index contributed by atoms with van der Waals surface area (Å²) in [4.78, 5) is 10.7. The van der Waals surface area contributed by atoms with Gasteiger partial charge in [-0.15, -0.1) is 0 Å². The van der Waals surface area contributed by atoms with Crippen molar-refractivity contribution in [2.75, 3.05) is 27.9 Å². The second-order valence-corrected chi connectivity index (χ2v) is 9.19. The van der Waals surface area contributed by atoms with Crippen LogP contribution < -0.4 is 14.2 Å². The summed E-state index contributed by atoms with van der Waals surface area (Å²) in [5.74, 6) is 1.75. The molecule has 0 bridgehead atoms. The average Bonchev–Trinajstić information content (AvgIpc) is 2.92. The largest absolute Gasteiger partial charge is 0.497 e. The van der Waals surface area contributed by atoms with E-state index in [4.69, 9.17) is 14.2 Å². The molecule has 4 rings (SSSR count). The van der Waals surface area contributed by atoms with Crippen molar-refractivity contribution in [3.05, 3.63) is 83.8 Å². The van der Waals surface area contributed by atoms with E-state index in [-0.39, 0.29) is 10.9 Å². The third kappa shape index (κ3) is 5.71. The molecule has 3 aromatic rings. The fourth-order valence-corrected chi connectivity index (χ4v) is 4.70. The Morgan fingerprint density at radius 3 is 2.53 bits per heavy atom. The number of hydrogen-bond donors (Lipinski definition) is 0. The highest BCUT2D eigenvalue weighted by Gasteiger charge is 2.20. The molecule has 0 radical (unpaired) electrons. The topological polar surface area (TPSA) is 73.8 Å². The van der Waals surface area contributed by atoms with E-state index in [1.807, 2.05) is 35.4 Å². The van der Waals surface area contributed by atoms with Crippen LogP contribution in [-0.2, 0) is 17.3 Å². The predicted molar refractivity (Wildman–Crippen MR) is 132 cm³/mol. The Morgan fingerprint density at radius 1 is 1.00 bits per heavy atom. The molecule has 0 saturated carbocycles. The van der Waals surface area contributed by atoms with Crippen LogP contribution in [0, 0.1) is 0 Å². The summed E-state index contributed by atoms with van der Waals surface area (Å²) < 4.78 is 56.4. The minimum Gasteiger partial charge on any atom is -0.497 e. The molecule has 0 N–H and O–H groups in total. The maximum Gasteiger partial charge on any atom is 0.280 e. The van der Waals surface area contributed by atoms with Crippen LogP contribution in [0.15, 0.2) is 76.9 Å². The molecular weight excluding hydrogens is 488 g/mol. The normalized spacial score (nSPS) is 13.9. The first-order chi connectivity index (χ1) is 17.4. The van der Waals surface area contributed by atoms with Crippen molar-refractivity contribution in [3.8, 4) is 17.2 Å².